The number of aromatic nitrogens is 5. The van der Waals surface area contributed by atoms with E-state index in [4.69, 9.17) is 28.2 Å². The van der Waals surface area contributed by atoms with Crippen molar-refractivity contribution in [1.29, 1.82) is 0 Å². The highest BCUT2D eigenvalue weighted by molar-refractivity contribution is 6.33. The first kappa shape index (κ1) is 23.1. The standard InChI is InChI=1S/C26H22Cl2N6O/c1-15-24(16(2)33(3)31-15)23-12-20(19-6-4-5-7-22(19)29-23)26(35)30-25-21(28)14-34(32-25)13-17-8-10-18(27)11-9-17/h4-12,14H,13H2,1-3H3,(H,30,32,35). The Balaban J connectivity index is 1.49. The summed E-state index contributed by atoms with van der Waals surface area (Å²) < 4.78 is 3.49. The lowest BCUT2D eigenvalue weighted by Gasteiger charge is -2.10. The number of hydrogen-bond acceptors (Lipinski definition) is 4. The van der Waals surface area contributed by atoms with Crippen molar-refractivity contribution >= 4 is 45.8 Å². The average Bonchev–Trinajstić information content (AvgIpc) is 3.30. The highest BCUT2D eigenvalue weighted by atomic mass is 35.5. The molecule has 3 aromatic heterocycles. The van der Waals surface area contributed by atoms with Crippen molar-refractivity contribution in [1.82, 2.24) is 24.5 Å². The Bertz CT molecular complexity index is 1570. The van der Waals surface area contributed by atoms with Crippen LogP contribution in [0, 0.1) is 13.8 Å². The van der Waals surface area contributed by atoms with E-state index >= 15 is 0 Å². The maximum Gasteiger partial charge on any atom is 0.257 e. The van der Waals surface area contributed by atoms with Gasteiger partial charge in [0.1, 0.15) is 5.02 Å². The Hall–Kier alpha value is -3.68. The van der Waals surface area contributed by atoms with Gasteiger partial charge >= 0.3 is 0 Å². The molecule has 0 aliphatic rings. The molecule has 9 heteroatoms. The van der Waals surface area contributed by atoms with Crippen LogP contribution in [0.1, 0.15) is 27.3 Å². The van der Waals surface area contributed by atoms with Crippen LogP contribution in [0.4, 0.5) is 5.82 Å². The van der Waals surface area contributed by atoms with E-state index in [1.807, 2.05) is 74.1 Å². The highest BCUT2D eigenvalue weighted by Crippen LogP contribution is 2.30. The van der Waals surface area contributed by atoms with Gasteiger partial charge in [-0.3, -0.25) is 14.2 Å². The second kappa shape index (κ2) is 9.17. The van der Waals surface area contributed by atoms with Crippen LogP contribution in [-0.2, 0) is 13.6 Å². The zero-order valence-corrected chi connectivity index (χ0v) is 20.9. The Labute approximate surface area is 212 Å². The number of nitrogens with one attached hydrogen (secondary N) is 1. The molecule has 5 aromatic rings. The number of halogens is 2. The molecular weight excluding hydrogens is 483 g/mol. The number of amides is 1. The molecule has 0 bridgehead atoms. The average molecular weight is 505 g/mol. The van der Waals surface area contributed by atoms with Crippen molar-refractivity contribution in [3.63, 3.8) is 0 Å². The van der Waals surface area contributed by atoms with Crippen molar-refractivity contribution in [2.24, 2.45) is 7.05 Å². The zero-order chi connectivity index (χ0) is 24.7. The third kappa shape index (κ3) is 4.52. The van der Waals surface area contributed by atoms with Gasteiger partial charge in [0.15, 0.2) is 5.82 Å². The van der Waals surface area contributed by atoms with Gasteiger partial charge in [0.05, 0.1) is 29.0 Å². The molecule has 0 unspecified atom stereocenters. The van der Waals surface area contributed by atoms with Gasteiger partial charge in [-0.2, -0.15) is 10.2 Å². The molecule has 0 saturated carbocycles. The van der Waals surface area contributed by atoms with E-state index in [0.29, 0.717) is 33.7 Å². The van der Waals surface area contributed by atoms with Crippen LogP contribution in [-0.4, -0.2) is 30.5 Å². The smallest absolute Gasteiger partial charge is 0.257 e. The zero-order valence-electron chi connectivity index (χ0n) is 19.4. The molecule has 0 radical (unpaired) electrons. The molecule has 0 fully saturated rings. The van der Waals surface area contributed by atoms with Crippen LogP contribution >= 0.6 is 23.2 Å². The number of carbonyl (C=O) groups excluding carboxylic acids is 1. The molecule has 0 saturated heterocycles. The Morgan fingerprint density at radius 1 is 1.03 bits per heavy atom. The van der Waals surface area contributed by atoms with Gasteiger partial charge in [-0.05, 0) is 43.7 Å². The fourth-order valence-electron chi connectivity index (χ4n) is 4.15. The van der Waals surface area contributed by atoms with E-state index < -0.39 is 0 Å². The molecule has 3 heterocycles. The van der Waals surface area contributed by atoms with Crippen LogP contribution in [0.25, 0.3) is 22.2 Å². The first-order chi connectivity index (χ1) is 16.8. The molecule has 0 aliphatic carbocycles. The number of nitrogens with zero attached hydrogens (tertiary/aromatic N) is 5. The van der Waals surface area contributed by atoms with Gasteiger partial charge in [-0.15, -0.1) is 0 Å². The van der Waals surface area contributed by atoms with Gasteiger partial charge in [0.2, 0.25) is 0 Å². The van der Waals surface area contributed by atoms with Gasteiger partial charge < -0.3 is 5.32 Å². The number of hydrogen-bond donors (Lipinski definition) is 1. The maximum absolute atomic E-state index is 13.5. The summed E-state index contributed by atoms with van der Waals surface area (Å²) in [6.07, 6.45) is 1.68. The molecule has 7 nitrogen and oxygen atoms in total. The lowest BCUT2D eigenvalue weighted by atomic mass is 10.0. The number of pyridine rings is 1. The van der Waals surface area contributed by atoms with Gasteiger partial charge in [-0.1, -0.05) is 53.5 Å². The number of anilines is 1. The minimum absolute atomic E-state index is 0.293. The minimum atomic E-state index is -0.317. The van der Waals surface area contributed by atoms with Gasteiger partial charge in [0, 0.05) is 34.9 Å². The molecule has 1 amide bonds. The van der Waals surface area contributed by atoms with Crippen molar-refractivity contribution in [2.75, 3.05) is 5.32 Å². The van der Waals surface area contributed by atoms with Crippen LogP contribution in [0.15, 0.2) is 60.8 Å². The predicted molar refractivity (Wildman–Crippen MR) is 139 cm³/mol. The molecule has 1 N–H and O–H groups in total. The molecule has 176 valence electrons. The molecule has 0 atom stereocenters. The van der Waals surface area contributed by atoms with Gasteiger partial charge in [0.25, 0.3) is 5.91 Å². The summed E-state index contributed by atoms with van der Waals surface area (Å²) >= 11 is 12.4. The second-order valence-corrected chi connectivity index (χ2v) is 9.19. The normalized spacial score (nSPS) is 11.2. The van der Waals surface area contributed by atoms with E-state index in [1.54, 1.807) is 16.9 Å². The van der Waals surface area contributed by atoms with Crippen molar-refractivity contribution < 1.29 is 4.79 Å². The maximum atomic E-state index is 13.5. The summed E-state index contributed by atoms with van der Waals surface area (Å²) in [6, 6.07) is 16.8. The first-order valence-electron chi connectivity index (χ1n) is 11.0. The number of fused-ring (bicyclic) bond motifs is 1. The van der Waals surface area contributed by atoms with E-state index in [2.05, 4.69) is 15.5 Å². The lowest BCUT2D eigenvalue weighted by Crippen LogP contribution is -2.14. The summed E-state index contributed by atoms with van der Waals surface area (Å²) in [6.45, 7) is 4.42. The predicted octanol–water partition coefficient (Wildman–Crippen LogP) is 6.06. The van der Waals surface area contributed by atoms with E-state index in [9.17, 15) is 4.79 Å². The Kier molecular flexibility index (Phi) is 6.05. The van der Waals surface area contributed by atoms with E-state index in [1.165, 1.54) is 0 Å². The number of para-hydroxylation sites is 1. The summed E-state index contributed by atoms with van der Waals surface area (Å²) in [7, 11) is 1.89. The van der Waals surface area contributed by atoms with Crippen LogP contribution in [0.3, 0.4) is 0 Å². The third-order valence-electron chi connectivity index (χ3n) is 5.93. The molecular formula is C26H22Cl2N6O. The van der Waals surface area contributed by atoms with Crippen LogP contribution in [0.2, 0.25) is 10.0 Å². The van der Waals surface area contributed by atoms with Crippen LogP contribution < -0.4 is 5.32 Å². The van der Waals surface area contributed by atoms with Crippen molar-refractivity contribution in [2.45, 2.75) is 20.4 Å². The quantitative estimate of drug-likeness (QED) is 0.315. The highest BCUT2D eigenvalue weighted by Gasteiger charge is 2.20. The largest absolute Gasteiger partial charge is 0.304 e. The van der Waals surface area contributed by atoms with E-state index in [-0.39, 0.29) is 5.91 Å². The molecule has 5 rings (SSSR count). The molecule has 0 spiro atoms. The Morgan fingerprint density at radius 2 is 1.77 bits per heavy atom. The fourth-order valence-corrected chi connectivity index (χ4v) is 4.47. The summed E-state index contributed by atoms with van der Waals surface area (Å²) in [5, 5.41) is 13.6. The lowest BCUT2D eigenvalue weighted by molar-refractivity contribution is 0.102. The SMILES string of the molecule is Cc1nn(C)c(C)c1-c1cc(C(=O)Nc2nn(Cc3ccc(Cl)cc3)cc2Cl)c2ccccc2n1. The molecule has 0 aliphatic heterocycles. The first-order valence-corrected chi connectivity index (χ1v) is 11.7. The minimum Gasteiger partial charge on any atom is -0.304 e. The topological polar surface area (TPSA) is 77.6 Å². The van der Waals surface area contributed by atoms with Crippen LogP contribution in [0.5, 0.6) is 0 Å². The monoisotopic (exact) mass is 504 g/mol. The Morgan fingerprint density at radius 3 is 2.49 bits per heavy atom. The number of rotatable bonds is 5. The third-order valence-corrected chi connectivity index (χ3v) is 6.46. The van der Waals surface area contributed by atoms with E-state index in [0.717, 1.165) is 33.4 Å². The molecule has 2 aromatic carbocycles. The van der Waals surface area contributed by atoms with Crippen molar-refractivity contribution in [3.05, 3.63) is 93.4 Å². The number of aryl methyl sites for hydroxylation is 2. The number of carbonyl (C=O) groups is 1. The molecule has 35 heavy (non-hydrogen) atoms. The van der Waals surface area contributed by atoms with Gasteiger partial charge in [-0.25, -0.2) is 4.98 Å². The summed E-state index contributed by atoms with van der Waals surface area (Å²) in [5.41, 5.74) is 5.64. The fraction of sp³-hybridized carbons (Fsp3) is 0.154. The second-order valence-electron chi connectivity index (χ2n) is 8.35. The van der Waals surface area contributed by atoms with Crippen molar-refractivity contribution in [3.8, 4) is 11.3 Å². The number of benzene rings is 2. The summed E-state index contributed by atoms with van der Waals surface area (Å²) in [5.74, 6) is -0.0236. The summed E-state index contributed by atoms with van der Waals surface area (Å²) in [4.78, 5) is 18.3.